The lowest BCUT2D eigenvalue weighted by Crippen LogP contribution is -2.33. The van der Waals surface area contributed by atoms with Gasteiger partial charge in [-0.25, -0.2) is 0 Å². The molecule has 1 aliphatic carbocycles. The summed E-state index contributed by atoms with van der Waals surface area (Å²) in [5.41, 5.74) is 21.4. The highest BCUT2D eigenvalue weighted by atomic mass is 15.1. The molecular weight excluding hydrogens is 809 g/mol. The molecule has 12 aromatic rings. The average Bonchev–Trinajstić information content (AvgIpc) is 3.90. The highest BCUT2D eigenvalue weighted by molar-refractivity contribution is 6.13. The van der Waals surface area contributed by atoms with Crippen LogP contribution in [0, 0.1) is 0 Å². The van der Waals surface area contributed by atoms with Gasteiger partial charge in [-0.15, -0.1) is 0 Å². The standard InChI is InChI=1S/C65H42N2/c1-2-18-43(19-3-1)50-23-6-7-24-51(50)54-27-10-14-34-61(54)66(46-38-36-45(37-39-46)49-29-16-21-44-20-4-5-22-48(44)49)47-40-41-63-60(42-47)65(57-31-12-8-25-52(57)53-26-9-13-32-58(53)65)59-33-17-30-56-55-28-11-15-35-62(55)67(63)64(56)59/h1-42H. The van der Waals surface area contributed by atoms with Crippen LogP contribution in [0.1, 0.15) is 22.3 Å². The molecule has 1 aromatic heterocycles. The summed E-state index contributed by atoms with van der Waals surface area (Å²) in [5, 5.41) is 5.04. The third kappa shape index (κ3) is 5.39. The van der Waals surface area contributed by atoms with E-state index in [2.05, 4.69) is 264 Å². The molecule has 0 saturated carbocycles. The van der Waals surface area contributed by atoms with Crippen LogP contribution in [-0.2, 0) is 5.41 Å². The van der Waals surface area contributed by atoms with Crippen molar-refractivity contribution in [2.24, 2.45) is 0 Å². The molecule has 2 nitrogen and oxygen atoms in total. The Morgan fingerprint density at radius 2 is 0.851 bits per heavy atom. The van der Waals surface area contributed by atoms with Crippen molar-refractivity contribution in [3.8, 4) is 50.2 Å². The van der Waals surface area contributed by atoms with Crippen molar-refractivity contribution in [2.45, 2.75) is 5.41 Å². The van der Waals surface area contributed by atoms with Crippen LogP contribution in [0.2, 0.25) is 0 Å². The van der Waals surface area contributed by atoms with Crippen molar-refractivity contribution in [3.63, 3.8) is 0 Å². The predicted octanol–water partition coefficient (Wildman–Crippen LogP) is 17.1. The first-order chi connectivity index (χ1) is 33.3. The average molecular weight is 851 g/mol. The number of aromatic nitrogens is 1. The first kappa shape index (κ1) is 37.6. The normalized spacial score (nSPS) is 12.9. The van der Waals surface area contributed by atoms with Crippen molar-refractivity contribution in [1.29, 1.82) is 0 Å². The third-order valence-corrected chi connectivity index (χ3v) is 14.6. The zero-order chi connectivity index (χ0) is 44.1. The lowest BCUT2D eigenvalue weighted by atomic mass is 9.65. The molecule has 2 heterocycles. The fourth-order valence-electron chi connectivity index (χ4n) is 11.9. The minimum absolute atomic E-state index is 0.578. The van der Waals surface area contributed by atoms with E-state index in [0.29, 0.717) is 0 Å². The van der Waals surface area contributed by atoms with E-state index in [1.807, 2.05) is 0 Å². The van der Waals surface area contributed by atoms with Gasteiger partial charge in [-0.3, -0.25) is 0 Å². The summed E-state index contributed by atoms with van der Waals surface area (Å²) < 4.78 is 2.54. The number of hydrogen-bond acceptors (Lipinski definition) is 1. The number of anilines is 3. The maximum absolute atomic E-state index is 2.54. The largest absolute Gasteiger partial charge is 0.310 e. The minimum Gasteiger partial charge on any atom is -0.310 e. The molecule has 0 N–H and O–H groups in total. The summed E-state index contributed by atoms with van der Waals surface area (Å²) in [6.07, 6.45) is 0. The summed E-state index contributed by atoms with van der Waals surface area (Å²) in [5.74, 6) is 0. The van der Waals surface area contributed by atoms with Crippen molar-refractivity contribution >= 4 is 49.6 Å². The van der Waals surface area contributed by atoms with Crippen LogP contribution in [0.25, 0.3) is 82.8 Å². The SMILES string of the molecule is c1ccc(-c2ccccc2-c2ccccc2N(c2ccc(-c3cccc4ccccc34)cc2)c2ccc3c(c2)C2(c4ccccc4-c4ccccc42)c2cccc4c5ccccc5n-3c24)cc1. The molecule has 0 unspecified atom stereocenters. The number of rotatable bonds is 6. The van der Waals surface area contributed by atoms with Crippen LogP contribution < -0.4 is 4.90 Å². The summed E-state index contributed by atoms with van der Waals surface area (Å²) in [6, 6.07) is 94.5. The quantitative estimate of drug-likeness (QED) is 0.162. The van der Waals surface area contributed by atoms with Gasteiger partial charge >= 0.3 is 0 Å². The summed E-state index contributed by atoms with van der Waals surface area (Å²) in [7, 11) is 0. The van der Waals surface area contributed by atoms with Gasteiger partial charge in [0.05, 0.1) is 27.8 Å². The monoisotopic (exact) mass is 850 g/mol. The van der Waals surface area contributed by atoms with E-state index in [1.54, 1.807) is 0 Å². The van der Waals surface area contributed by atoms with E-state index in [0.717, 1.165) is 22.6 Å². The Morgan fingerprint density at radius 1 is 0.313 bits per heavy atom. The van der Waals surface area contributed by atoms with Gasteiger partial charge in [0, 0.05) is 27.7 Å². The molecule has 0 bridgehead atoms. The van der Waals surface area contributed by atoms with Gasteiger partial charge in [-0.05, 0) is 114 Å². The zero-order valence-corrected chi connectivity index (χ0v) is 36.6. The van der Waals surface area contributed by atoms with Crippen LogP contribution in [0.5, 0.6) is 0 Å². The van der Waals surface area contributed by atoms with Gasteiger partial charge < -0.3 is 9.47 Å². The van der Waals surface area contributed by atoms with Gasteiger partial charge in [-0.2, -0.15) is 0 Å². The molecule has 0 fully saturated rings. The lowest BCUT2D eigenvalue weighted by molar-refractivity contribution is 0.748. The van der Waals surface area contributed by atoms with Crippen molar-refractivity contribution < 1.29 is 0 Å². The molecule has 14 rings (SSSR count). The third-order valence-electron chi connectivity index (χ3n) is 14.6. The van der Waals surface area contributed by atoms with Crippen molar-refractivity contribution in [3.05, 3.63) is 277 Å². The van der Waals surface area contributed by atoms with E-state index >= 15 is 0 Å². The molecule has 0 atom stereocenters. The second-order valence-corrected chi connectivity index (χ2v) is 17.9. The maximum Gasteiger partial charge on any atom is 0.0755 e. The Morgan fingerprint density at radius 3 is 1.64 bits per heavy atom. The minimum atomic E-state index is -0.578. The van der Waals surface area contributed by atoms with E-state index in [-0.39, 0.29) is 0 Å². The molecule has 0 amide bonds. The van der Waals surface area contributed by atoms with E-state index in [4.69, 9.17) is 0 Å². The smallest absolute Gasteiger partial charge is 0.0755 e. The summed E-state index contributed by atoms with van der Waals surface area (Å²) >= 11 is 0. The molecule has 312 valence electrons. The molecule has 2 aliphatic rings. The van der Waals surface area contributed by atoms with E-state index in [1.165, 1.54) is 99.5 Å². The first-order valence-electron chi connectivity index (χ1n) is 23.3. The first-order valence-corrected chi connectivity index (χ1v) is 23.3. The molecule has 0 radical (unpaired) electrons. The van der Waals surface area contributed by atoms with Crippen LogP contribution in [0.4, 0.5) is 17.1 Å². The van der Waals surface area contributed by atoms with Crippen molar-refractivity contribution in [2.75, 3.05) is 4.90 Å². The highest BCUT2D eigenvalue weighted by Crippen LogP contribution is 2.61. The van der Waals surface area contributed by atoms with Gasteiger partial charge in [0.2, 0.25) is 0 Å². The summed E-state index contributed by atoms with van der Waals surface area (Å²) in [4.78, 5) is 2.49. The Bertz CT molecular complexity index is 3880. The fourth-order valence-corrected chi connectivity index (χ4v) is 11.9. The Hall–Kier alpha value is -8.72. The second kappa shape index (κ2) is 14.7. The topological polar surface area (TPSA) is 8.17 Å². The van der Waals surface area contributed by atoms with Gasteiger partial charge in [0.15, 0.2) is 0 Å². The Kier molecular flexibility index (Phi) is 8.23. The van der Waals surface area contributed by atoms with Gasteiger partial charge in [0.1, 0.15) is 0 Å². The van der Waals surface area contributed by atoms with Crippen LogP contribution in [-0.4, -0.2) is 4.57 Å². The molecule has 0 saturated heterocycles. The molecule has 11 aromatic carbocycles. The number of nitrogens with zero attached hydrogens (tertiary/aromatic N) is 2. The number of para-hydroxylation sites is 3. The molecular formula is C65H42N2. The Balaban J connectivity index is 1.06. The second-order valence-electron chi connectivity index (χ2n) is 17.9. The highest BCUT2D eigenvalue weighted by Gasteiger charge is 2.51. The van der Waals surface area contributed by atoms with Crippen LogP contribution in [0.3, 0.4) is 0 Å². The lowest BCUT2D eigenvalue weighted by Gasteiger charge is -2.40. The fraction of sp³-hybridized carbons (Fsp3) is 0.0154. The number of fused-ring (bicyclic) bond motifs is 13. The van der Waals surface area contributed by atoms with E-state index in [9.17, 15) is 0 Å². The molecule has 1 spiro atoms. The molecule has 67 heavy (non-hydrogen) atoms. The van der Waals surface area contributed by atoms with Crippen LogP contribution in [0.15, 0.2) is 255 Å². The van der Waals surface area contributed by atoms with Gasteiger partial charge in [0.25, 0.3) is 0 Å². The number of hydrogen-bond donors (Lipinski definition) is 0. The number of benzene rings is 11. The molecule has 1 aliphatic heterocycles. The maximum atomic E-state index is 2.54. The Labute approximate surface area is 389 Å². The van der Waals surface area contributed by atoms with Crippen LogP contribution >= 0.6 is 0 Å². The van der Waals surface area contributed by atoms with Gasteiger partial charge in [-0.1, -0.05) is 212 Å². The summed E-state index contributed by atoms with van der Waals surface area (Å²) in [6.45, 7) is 0. The van der Waals surface area contributed by atoms with E-state index < -0.39 is 5.41 Å². The zero-order valence-electron chi connectivity index (χ0n) is 36.6. The predicted molar refractivity (Wildman–Crippen MR) is 280 cm³/mol. The van der Waals surface area contributed by atoms with Crippen molar-refractivity contribution in [1.82, 2.24) is 4.57 Å². The molecule has 2 heteroatoms.